The fourth-order valence-electron chi connectivity index (χ4n) is 2.79. The fourth-order valence-corrected chi connectivity index (χ4v) is 4.08. The minimum Gasteiger partial charge on any atom is -0.374 e. The highest BCUT2D eigenvalue weighted by molar-refractivity contribution is 7.89. The third-order valence-electron chi connectivity index (χ3n) is 4.36. The number of hydrogen-bond acceptors (Lipinski definition) is 5. The summed E-state index contributed by atoms with van der Waals surface area (Å²) in [7, 11) is -0.666. The van der Waals surface area contributed by atoms with Gasteiger partial charge in [-0.05, 0) is 35.9 Å². The topological polar surface area (TPSA) is 96.3 Å². The molecule has 0 aliphatic rings. The molecule has 2 aromatic carbocycles. The zero-order valence-electron chi connectivity index (χ0n) is 16.5. The molecule has 3 rings (SSSR count). The van der Waals surface area contributed by atoms with E-state index in [2.05, 4.69) is 15.7 Å². The number of sulfonamides is 1. The summed E-state index contributed by atoms with van der Waals surface area (Å²) in [6.07, 6.45) is 3.45. The molecule has 3 aromatic rings. The van der Waals surface area contributed by atoms with Gasteiger partial charge in [-0.1, -0.05) is 29.8 Å². The summed E-state index contributed by atoms with van der Waals surface area (Å²) in [5.41, 5.74) is 1.91. The van der Waals surface area contributed by atoms with Gasteiger partial charge in [0.05, 0.1) is 22.8 Å². The normalized spacial score (nSPS) is 11.5. The van der Waals surface area contributed by atoms with Gasteiger partial charge in [-0.3, -0.25) is 4.79 Å². The molecule has 0 radical (unpaired) electrons. The van der Waals surface area contributed by atoms with Crippen LogP contribution < -0.4 is 10.6 Å². The molecule has 2 N–H and O–H groups in total. The van der Waals surface area contributed by atoms with Crippen molar-refractivity contribution in [3.63, 3.8) is 0 Å². The van der Waals surface area contributed by atoms with E-state index in [0.717, 1.165) is 9.99 Å². The number of nitrogens with one attached hydrogen (secondary N) is 2. The van der Waals surface area contributed by atoms with Crippen LogP contribution in [0.5, 0.6) is 0 Å². The van der Waals surface area contributed by atoms with Gasteiger partial charge in [-0.2, -0.15) is 5.10 Å². The molecule has 0 spiro atoms. The van der Waals surface area contributed by atoms with Crippen LogP contribution in [-0.4, -0.2) is 49.1 Å². The highest BCUT2D eigenvalue weighted by atomic mass is 35.5. The van der Waals surface area contributed by atoms with Crippen molar-refractivity contribution in [2.24, 2.45) is 0 Å². The number of nitrogens with zero attached hydrogens (tertiary/aromatic N) is 3. The summed E-state index contributed by atoms with van der Waals surface area (Å²) in [5.74, 6) is -0.293. The van der Waals surface area contributed by atoms with Crippen molar-refractivity contribution in [1.82, 2.24) is 19.4 Å². The van der Waals surface area contributed by atoms with E-state index in [4.69, 9.17) is 11.6 Å². The number of rotatable bonds is 8. The smallest absolute Gasteiger partial charge is 0.242 e. The van der Waals surface area contributed by atoms with Crippen LogP contribution in [0.15, 0.2) is 65.8 Å². The molecular weight excluding hydrogens is 426 g/mol. The summed E-state index contributed by atoms with van der Waals surface area (Å²) < 4.78 is 27.8. The van der Waals surface area contributed by atoms with Crippen LogP contribution in [0.25, 0.3) is 5.69 Å². The Labute approximate surface area is 180 Å². The molecule has 1 aromatic heterocycles. The van der Waals surface area contributed by atoms with E-state index in [1.54, 1.807) is 59.5 Å². The Morgan fingerprint density at radius 3 is 2.63 bits per heavy atom. The Balaban J connectivity index is 1.67. The van der Waals surface area contributed by atoms with Crippen molar-refractivity contribution in [2.45, 2.75) is 11.4 Å². The highest BCUT2D eigenvalue weighted by Crippen LogP contribution is 2.24. The molecule has 1 heterocycles. The van der Waals surface area contributed by atoms with Gasteiger partial charge in [0.25, 0.3) is 0 Å². The molecule has 30 heavy (non-hydrogen) atoms. The van der Waals surface area contributed by atoms with Gasteiger partial charge >= 0.3 is 0 Å². The number of aromatic nitrogens is 2. The number of carbonyl (C=O) groups excluding carboxylic acids is 1. The average Bonchev–Trinajstić information content (AvgIpc) is 3.25. The molecule has 0 unspecified atom stereocenters. The predicted octanol–water partition coefficient (Wildman–Crippen LogP) is 2.50. The van der Waals surface area contributed by atoms with Crippen LogP contribution in [-0.2, 0) is 21.4 Å². The van der Waals surface area contributed by atoms with Crippen molar-refractivity contribution in [1.29, 1.82) is 0 Å². The largest absolute Gasteiger partial charge is 0.374 e. The third-order valence-corrected chi connectivity index (χ3v) is 6.51. The summed E-state index contributed by atoms with van der Waals surface area (Å²) >= 11 is 6.09. The SMILES string of the molecule is CN(C)S(=O)(=O)c1ccccc1CNC(=O)CNc1cc(Cl)ccc1-n1cccn1. The van der Waals surface area contributed by atoms with Crippen LogP contribution in [0.2, 0.25) is 5.02 Å². The molecule has 0 fully saturated rings. The van der Waals surface area contributed by atoms with Gasteiger partial charge in [-0.15, -0.1) is 0 Å². The fraction of sp³-hybridized carbons (Fsp3) is 0.200. The van der Waals surface area contributed by atoms with Gasteiger partial charge in [0.15, 0.2) is 0 Å². The number of benzene rings is 2. The van der Waals surface area contributed by atoms with Crippen LogP contribution >= 0.6 is 11.6 Å². The lowest BCUT2D eigenvalue weighted by atomic mass is 10.2. The number of anilines is 1. The Morgan fingerprint density at radius 1 is 1.17 bits per heavy atom. The lowest BCUT2D eigenvalue weighted by Gasteiger charge is -2.16. The number of amides is 1. The quantitative estimate of drug-likeness (QED) is 0.553. The van der Waals surface area contributed by atoms with Crippen molar-refractivity contribution in [3.8, 4) is 5.69 Å². The summed E-state index contributed by atoms with van der Waals surface area (Å²) in [6, 6.07) is 13.6. The van der Waals surface area contributed by atoms with Gasteiger partial charge in [0.2, 0.25) is 15.9 Å². The first-order valence-corrected chi connectivity index (χ1v) is 10.9. The molecule has 158 valence electrons. The van der Waals surface area contributed by atoms with E-state index in [9.17, 15) is 13.2 Å². The van der Waals surface area contributed by atoms with Crippen molar-refractivity contribution < 1.29 is 13.2 Å². The standard InChI is InChI=1S/C20H22ClN5O3S/c1-25(2)30(28,29)19-7-4-3-6-15(19)13-23-20(27)14-22-17-12-16(21)8-9-18(17)26-11-5-10-24-26/h3-12,22H,13-14H2,1-2H3,(H,23,27). The van der Waals surface area contributed by atoms with E-state index in [1.165, 1.54) is 20.2 Å². The van der Waals surface area contributed by atoms with E-state index in [0.29, 0.717) is 16.3 Å². The highest BCUT2D eigenvalue weighted by Gasteiger charge is 2.20. The lowest BCUT2D eigenvalue weighted by Crippen LogP contribution is -2.31. The number of halogens is 1. The van der Waals surface area contributed by atoms with Crippen molar-refractivity contribution in [2.75, 3.05) is 26.0 Å². The number of hydrogen-bond donors (Lipinski definition) is 2. The summed E-state index contributed by atoms with van der Waals surface area (Å²) in [6.45, 7) is 0.0719. The Morgan fingerprint density at radius 2 is 1.93 bits per heavy atom. The Kier molecular flexibility index (Phi) is 6.76. The summed E-state index contributed by atoms with van der Waals surface area (Å²) in [4.78, 5) is 12.5. The summed E-state index contributed by atoms with van der Waals surface area (Å²) in [5, 5.41) is 10.5. The van der Waals surface area contributed by atoms with Crippen molar-refractivity contribution >= 4 is 33.2 Å². The van der Waals surface area contributed by atoms with Crippen LogP contribution in [0, 0.1) is 0 Å². The predicted molar refractivity (Wildman–Crippen MR) is 116 cm³/mol. The second kappa shape index (κ2) is 9.29. The molecule has 10 heteroatoms. The maximum Gasteiger partial charge on any atom is 0.242 e. The Hall–Kier alpha value is -2.88. The lowest BCUT2D eigenvalue weighted by molar-refractivity contribution is -0.119. The van der Waals surface area contributed by atoms with E-state index in [1.807, 2.05) is 0 Å². The minimum atomic E-state index is -3.60. The van der Waals surface area contributed by atoms with Crippen LogP contribution in [0.1, 0.15) is 5.56 Å². The van der Waals surface area contributed by atoms with Crippen LogP contribution in [0.3, 0.4) is 0 Å². The second-order valence-electron chi connectivity index (χ2n) is 6.64. The monoisotopic (exact) mass is 447 g/mol. The second-order valence-corrected chi connectivity index (χ2v) is 9.19. The molecule has 8 nitrogen and oxygen atoms in total. The van der Waals surface area contributed by atoms with E-state index >= 15 is 0 Å². The van der Waals surface area contributed by atoms with Crippen LogP contribution in [0.4, 0.5) is 5.69 Å². The Bertz CT molecular complexity index is 1130. The van der Waals surface area contributed by atoms with Crippen molar-refractivity contribution in [3.05, 3.63) is 71.5 Å². The van der Waals surface area contributed by atoms with E-state index < -0.39 is 10.0 Å². The molecule has 0 bridgehead atoms. The third kappa shape index (κ3) is 4.99. The molecule has 0 atom stereocenters. The molecule has 1 amide bonds. The van der Waals surface area contributed by atoms with Gasteiger partial charge in [0.1, 0.15) is 0 Å². The zero-order chi connectivity index (χ0) is 21.7. The zero-order valence-corrected chi connectivity index (χ0v) is 18.1. The molecule has 0 saturated heterocycles. The molecule has 0 aliphatic carbocycles. The maximum absolute atomic E-state index is 12.5. The van der Waals surface area contributed by atoms with E-state index in [-0.39, 0.29) is 23.9 Å². The molecular formula is C20H22ClN5O3S. The minimum absolute atomic E-state index is 0.0167. The first-order valence-electron chi connectivity index (χ1n) is 9.09. The number of carbonyl (C=O) groups is 1. The maximum atomic E-state index is 12.5. The van der Waals surface area contributed by atoms with Gasteiger partial charge < -0.3 is 10.6 Å². The molecule has 0 saturated carbocycles. The van der Waals surface area contributed by atoms with Gasteiger partial charge in [-0.25, -0.2) is 17.4 Å². The first-order chi connectivity index (χ1) is 14.3. The molecule has 0 aliphatic heterocycles. The van der Waals surface area contributed by atoms with Gasteiger partial charge in [0, 0.05) is 38.1 Å². The average molecular weight is 448 g/mol. The first kappa shape index (κ1) is 21.8.